The number of allylic oxidation sites excluding steroid dienone is 2. The topological polar surface area (TPSA) is 189 Å². The molecule has 0 radical (unpaired) electrons. The Morgan fingerprint density at radius 2 is 0.983 bits per heavy atom. The number of nitrogens with one attached hydrogen (secondary N) is 1. The summed E-state index contributed by atoms with van der Waals surface area (Å²) in [6.07, 6.45) is 31.3. The largest absolute Gasteiger partial charge is 0.394 e. The van der Waals surface area contributed by atoms with Crippen LogP contribution >= 0.6 is 0 Å². The normalized spacial score (nSPS) is 21.6. The number of ether oxygens (including phenoxy) is 2. The zero-order chi connectivity index (χ0) is 44.1. The van der Waals surface area contributed by atoms with Gasteiger partial charge in [-0.15, -0.1) is 0 Å². The number of hydrogen-bond donors (Lipinski definition) is 8. The van der Waals surface area contributed by atoms with E-state index < -0.39 is 74.2 Å². The number of unbranched alkanes of at least 4 members (excludes halogenated alkanes) is 28. The lowest BCUT2D eigenvalue weighted by Crippen LogP contribution is -2.60. The van der Waals surface area contributed by atoms with E-state index in [-0.39, 0.29) is 12.8 Å². The maximum Gasteiger partial charge on any atom is 0.249 e. The molecule has 0 saturated carbocycles. The molecule has 11 nitrogen and oxygen atoms in total. The van der Waals surface area contributed by atoms with Crippen molar-refractivity contribution in [2.45, 2.75) is 281 Å². The number of carbonyl (C=O) groups is 1. The molecule has 8 N–H and O–H groups in total. The first-order valence-corrected chi connectivity index (χ1v) is 25.1. The van der Waals surface area contributed by atoms with E-state index in [0.29, 0.717) is 12.8 Å². The van der Waals surface area contributed by atoms with Crippen LogP contribution in [-0.2, 0) is 14.3 Å². The lowest BCUT2D eigenvalue weighted by molar-refractivity contribution is -0.303. The van der Waals surface area contributed by atoms with Crippen molar-refractivity contribution >= 4 is 5.91 Å². The van der Waals surface area contributed by atoms with Gasteiger partial charge < -0.3 is 50.5 Å². The highest BCUT2D eigenvalue weighted by atomic mass is 16.7. The molecule has 1 saturated heterocycles. The molecule has 60 heavy (non-hydrogen) atoms. The van der Waals surface area contributed by atoms with Gasteiger partial charge in [0.15, 0.2) is 6.29 Å². The number of carbonyl (C=O) groups excluding carboxylic acids is 1. The molecule has 1 amide bonds. The second-order valence-electron chi connectivity index (χ2n) is 17.9. The van der Waals surface area contributed by atoms with E-state index in [1.165, 1.54) is 148 Å². The molecule has 1 rings (SSSR count). The quantitative estimate of drug-likeness (QED) is 0.0218. The Kier molecular flexibility index (Phi) is 37.4. The smallest absolute Gasteiger partial charge is 0.249 e. The van der Waals surface area contributed by atoms with E-state index in [9.17, 15) is 40.5 Å². The van der Waals surface area contributed by atoms with Gasteiger partial charge in [0.1, 0.15) is 36.6 Å². The summed E-state index contributed by atoms with van der Waals surface area (Å²) >= 11 is 0. The maximum atomic E-state index is 13.1. The highest BCUT2D eigenvalue weighted by molar-refractivity contribution is 5.80. The monoisotopic (exact) mass is 858 g/mol. The highest BCUT2D eigenvalue weighted by Crippen LogP contribution is 2.23. The van der Waals surface area contributed by atoms with Gasteiger partial charge in [-0.25, -0.2) is 0 Å². The highest BCUT2D eigenvalue weighted by Gasteiger charge is 2.44. The first kappa shape index (κ1) is 56.9. The first-order valence-electron chi connectivity index (χ1n) is 25.1. The Labute approximate surface area is 366 Å². The molecule has 1 aliphatic rings. The number of hydrogen-bond acceptors (Lipinski definition) is 10. The second-order valence-corrected chi connectivity index (χ2v) is 17.9. The van der Waals surface area contributed by atoms with Crippen LogP contribution in [0.5, 0.6) is 0 Å². The van der Waals surface area contributed by atoms with Gasteiger partial charge >= 0.3 is 0 Å². The van der Waals surface area contributed by atoms with Crippen LogP contribution in [0, 0.1) is 0 Å². The van der Waals surface area contributed by atoms with Crippen molar-refractivity contribution in [3.63, 3.8) is 0 Å². The van der Waals surface area contributed by atoms with Gasteiger partial charge in [-0.1, -0.05) is 199 Å². The minimum atomic E-state index is -1.66. The van der Waals surface area contributed by atoms with Crippen molar-refractivity contribution in [3.8, 4) is 0 Å². The summed E-state index contributed by atoms with van der Waals surface area (Å²) in [6, 6.07) is -1.18. The molecule has 1 heterocycles. The van der Waals surface area contributed by atoms with Gasteiger partial charge in [0.25, 0.3) is 0 Å². The molecule has 0 aliphatic carbocycles. The number of rotatable bonds is 42. The zero-order valence-electron chi connectivity index (χ0n) is 38.5. The predicted molar refractivity (Wildman–Crippen MR) is 243 cm³/mol. The Hall–Kier alpha value is -1.15. The van der Waals surface area contributed by atoms with Crippen molar-refractivity contribution in [1.82, 2.24) is 5.32 Å². The van der Waals surface area contributed by atoms with E-state index in [1.807, 2.05) is 0 Å². The predicted octanol–water partition coefficient (Wildman–Crippen LogP) is 8.84. The summed E-state index contributed by atoms with van der Waals surface area (Å²) in [7, 11) is 0. The standard InChI is InChI=1S/C49H95NO10/c1-3-5-7-9-11-13-15-17-18-19-20-21-22-23-24-25-27-29-31-33-35-37-42(53)48(58)50-40(39-59-49-47(57)46(56)45(55)43(38-51)60-49)44(54)41(52)36-34-32-30-28-26-16-14-12-10-8-6-4-2/h28,30,40-47,49,51-57H,3-27,29,31-39H2,1-2H3,(H,50,58)/b30-28-/t40-,41+,42+,43+,44-,45-,46-,47+,49+/m0/s1. The van der Waals surface area contributed by atoms with E-state index in [0.717, 1.165) is 38.5 Å². The summed E-state index contributed by atoms with van der Waals surface area (Å²) in [4.78, 5) is 13.1. The SMILES string of the molecule is CCCCCCCCC/C=C\CCC[C@@H](O)[C@@H](O)[C@H](CO[C@@H]1O[C@H](CO)[C@H](O)[C@H](O)[C@H]1O)NC(=O)[C@H](O)CCCCCCCCCCCCCCCCCCCCCCC. The second kappa shape index (κ2) is 39.4. The van der Waals surface area contributed by atoms with Crippen LogP contribution in [0.2, 0.25) is 0 Å². The third-order valence-electron chi connectivity index (χ3n) is 12.3. The van der Waals surface area contributed by atoms with Gasteiger partial charge in [-0.2, -0.15) is 0 Å². The molecule has 0 aromatic heterocycles. The Balaban J connectivity index is 2.37. The number of aliphatic hydroxyl groups excluding tert-OH is 7. The van der Waals surface area contributed by atoms with Crippen LogP contribution in [-0.4, -0.2) is 110 Å². The van der Waals surface area contributed by atoms with Crippen LogP contribution in [0.4, 0.5) is 0 Å². The van der Waals surface area contributed by atoms with Crippen molar-refractivity contribution in [3.05, 3.63) is 12.2 Å². The maximum absolute atomic E-state index is 13.1. The van der Waals surface area contributed by atoms with Crippen LogP contribution in [0.3, 0.4) is 0 Å². The van der Waals surface area contributed by atoms with Crippen molar-refractivity contribution in [2.75, 3.05) is 13.2 Å². The van der Waals surface area contributed by atoms with E-state index in [4.69, 9.17) is 9.47 Å². The van der Waals surface area contributed by atoms with Gasteiger partial charge in [-0.05, 0) is 38.5 Å². The molecule has 0 aromatic carbocycles. The summed E-state index contributed by atoms with van der Waals surface area (Å²) in [5.41, 5.74) is 0. The Bertz CT molecular complexity index is 986. The third-order valence-corrected chi connectivity index (χ3v) is 12.3. The molecule has 0 unspecified atom stereocenters. The van der Waals surface area contributed by atoms with E-state index in [2.05, 4.69) is 31.3 Å². The lowest BCUT2D eigenvalue weighted by atomic mass is 9.98. The van der Waals surface area contributed by atoms with E-state index >= 15 is 0 Å². The molecule has 9 atom stereocenters. The van der Waals surface area contributed by atoms with Crippen molar-refractivity contribution in [2.24, 2.45) is 0 Å². The molecule has 11 heteroatoms. The molecular formula is C49H95NO10. The fourth-order valence-electron chi connectivity index (χ4n) is 8.15. The van der Waals surface area contributed by atoms with Gasteiger partial charge in [0.05, 0.1) is 25.4 Å². The van der Waals surface area contributed by atoms with Gasteiger partial charge in [0, 0.05) is 0 Å². The third kappa shape index (κ3) is 28.5. The first-order chi connectivity index (χ1) is 29.2. The van der Waals surface area contributed by atoms with Crippen molar-refractivity contribution in [1.29, 1.82) is 0 Å². The lowest BCUT2D eigenvalue weighted by Gasteiger charge is -2.40. The molecular weight excluding hydrogens is 763 g/mol. The number of amides is 1. The summed E-state index contributed by atoms with van der Waals surface area (Å²) in [6.45, 7) is 3.43. The summed E-state index contributed by atoms with van der Waals surface area (Å²) < 4.78 is 11.1. The summed E-state index contributed by atoms with van der Waals surface area (Å²) in [5.74, 6) is -0.704. The average Bonchev–Trinajstić information content (AvgIpc) is 3.25. The fourth-order valence-corrected chi connectivity index (χ4v) is 8.15. The molecule has 0 spiro atoms. The van der Waals surface area contributed by atoms with Gasteiger partial charge in [-0.3, -0.25) is 4.79 Å². The van der Waals surface area contributed by atoms with Crippen LogP contribution in [0.1, 0.15) is 226 Å². The average molecular weight is 858 g/mol. The minimum absolute atomic E-state index is 0.259. The van der Waals surface area contributed by atoms with Crippen LogP contribution in [0.25, 0.3) is 0 Å². The van der Waals surface area contributed by atoms with Crippen LogP contribution in [0.15, 0.2) is 12.2 Å². The molecule has 0 bridgehead atoms. The number of aliphatic hydroxyl groups is 7. The van der Waals surface area contributed by atoms with Gasteiger partial charge in [0.2, 0.25) is 5.91 Å². The molecule has 356 valence electrons. The molecule has 1 fully saturated rings. The van der Waals surface area contributed by atoms with Crippen LogP contribution < -0.4 is 5.32 Å². The minimum Gasteiger partial charge on any atom is -0.394 e. The Morgan fingerprint density at radius 1 is 0.567 bits per heavy atom. The summed E-state index contributed by atoms with van der Waals surface area (Å²) in [5, 5.41) is 75.7. The van der Waals surface area contributed by atoms with E-state index in [1.54, 1.807) is 0 Å². The fraction of sp³-hybridized carbons (Fsp3) is 0.939. The zero-order valence-corrected chi connectivity index (χ0v) is 38.5. The molecule has 0 aromatic rings. The molecule has 1 aliphatic heterocycles. The Morgan fingerprint density at radius 3 is 1.43 bits per heavy atom. The van der Waals surface area contributed by atoms with Crippen molar-refractivity contribution < 1.29 is 50.0 Å².